The molecule has 0 atom stereocenters. The molecule has 0 saturated carbocycles. The molecule has 1 saturated heterocycles. The Kier molecular flexibility index (Phi) is 5.01. The SMILES string of the molecule is COc1cccc(C(=O)N2CCN(c3cccc(F)c3[N+](=O)[O-])CC2)c1. The Labute approximate surface area is 149 Å². The van der Waals surface area contributed by atoms with Gasteiger partial charge in [-0.05, 0) is 30.3 Å². The molecule has 0 unspecified atom stereocenters. The summed E-state index contributed by atoms with van der Waals surface area (Å²) in [4.78, 5) is 26.5. The number of rotatable bonds is 4. The average molecular weight is 359 g/mol. The predicted molar refractivity (Wildman–Crippen MR) is 94.2 cm³/mol. The highest BCUT2D eigenvalue weighted by atomic mass is 19.1. The Morgan fingerprint density at radius 1 is 1.15 bits per heavy atom. The zero-order valence-electron chi connectivity index (χ0n) is 14.2. The third-order valence-corrected chi connectivity index (χ3v) is 4.37. The molecule has 136 valence electrons. The van der Waals surface area contributed by atoms with Crippen molar-refractivity contribution in [1.82, 2.24) is 4.90 Å². The summed E-state index contributed by atoms with van der Waals surface area (Å²) in [7, 11) is 1.54. The topological polar surface area (TPSA) is 75.9 Å². The smallest absolute Gasteiger partial charge is 0.327 e. The molecule has 1 heterocycles. The van der Waals surface area contributed by atoms with Crippen molar-refractivity contribution >= 4 is 17.3 Å². The summed E-state index contributed by atoms with van der Waals surface area (Å²) in [6.45, 7) is 1.56. The van der Waals surface area contributed by atoms with Crippen LogP contribution in [0.4, 0.5) is 15.8 Å². The lowest BCUT2D eigenvalue weighted by Gasteiger charge is -2.35. The average Bonchev–Trinajstić information content (AvgIpc) is 2.67. The Morgan fingerprint density at radius 3 is 2.50 bits per heavy atom. The predicted octanol–water partition coefficient (Wildman–Crippen LogP) is 2.70. The highest BCUT2D eigenvalue weighted by Gasteiger charge is 2.28. The number of halogens is 1. The van der Waals surface area contributed by atoms with Gasteiger partial charge in [-0.25, -0.2) is 0 Å². The van der Waals surface area contributed by atoms with Crippen LogP contribution < -0.4 is 9.64 Å². The largest absolute Gasteiger partial charge is 0.497 e. The van der Waals surface area contributed by atoms with Crippen LogP contribution in [-0.4, -0.2) is 49.0 Å². The summed E-state index contributed by atoms with van der Waals surface area (Å²) in [6.07, 6.45) is 0. The van der Waals surface area contributed by atoms with E-state index in [4.69, 9.17) is 4.74 Å². The quantitative estimate of drug-likeness (QED) is 0.620. The molecule has 3 rings (SSSR count). The number of methoxy groups -OCH3 is 1. The summed E-state index contributed by atoms with van der Waals surface area (Å²) in [5, 5.41) is 11.2. The normalized spacial score (nSPS) is 14.2. The van der Waals surface area contributed by atoms with Crippen molar-refractivity contribution in [3.05, 3.63) is 64.0 Å². The molecule has 2 aromatic rings. The first-order valence-electron chi connectivity index (χ1n) is 8.12. The second kappa shape index (κ2) is 7.38. The summed E-state index contributed by atoms with van der Waals surface area (Å²) in [6, 6.07) is 11.0. The maximum absolute atomic E-state index is 13.8. The molecule has 2 aromatic carbocycles. The van der Waals surface area contributed by atoms with E-state index in [1.807, 2.05) is 0 Å². The summed E-state index contributed by atoms with van der Waals surface area (Å²) < 4.78 is 18.9. The van der Waals surface area contributed by atoms with Gasteiger partial charge in [0.25, 0.3) is 5.91 Å². The fraction of sp³-hybridized carbons (Fsp3) is 0.278. The van der Waals surface area contributed by atoms with Gasteiger partial charge in [-0.15, -0.1) is 0 Å². The second-order valence-electron chi connectivity index (χ2n) is 5.88. The van der Waals surface area contributed by atoms with Crippen molar-refractivity contribution in [3.8, 4) is 5.75 Å². The van der Waals surface area contributed by atoms with Crippen LogP contribution in [0.5, 0.6) is 5.75 Å². The highest BCUT2D eigenvalue weighted by Crippen LogP contribution is 2.31. The maximum Gasteiger partial charge on any atom is 0.327 e. The van der Waals surface area contributed by atoms with E-state index < -0.39 is 16.4 Å². The molecule has 1 fully saturated rings. The van der Waals surface area contributed by atoms with Gasteiger partial charge in [0.2, 0.25) is 5.82 Å². The van der Waals surface area contributed by atoms with Crippen molar-refractivity contribution in [2.24, 2.45) is 0 Å². The standard InChI is InChI=1S/C18H18FN3O4/c1-26-14-5-2-4-13(12-14)18(23)21-10-8-20(9-11-21)16-7-3-6-15(19)17(16)22(24)25/h2-7,12H,8-11H2,1H3. The first-order valence-corrected chi connectivity index (χ1v) is 8.12. The molecule has 0 radical (unpaired) electrons. The Morgan fingerprint density at radius 2 is 1.85 bits per heavy atom. The summed E-state index contributed by atoms with van der Waals surface area (Å²) >= 11 is 0. The van der Waals surface area contributed by atoms with Crippen LogP contribution in [0, 0.1) is 15.9 Å². The first kappa shape index (κ1) is 17.7. The van der Waals surface area contributed by atoms with Crippen LogP contribution in [0.2, 0.25) is 0 Å². The molecule has 8 heteroatoms. The Bertz CT molecular complexity index is 835. The molecular formula is C18H18FN3O4. The van der Waals surface area contributed by atoms with Gasteiger partial charge in [-0.2, -0.15) is 4.39 Å². The van der Waals surface area contributed by atoms with Crippen LogP contribution in [-0.2, 0) is 0 Å². The van der Waals surface area contributed by atoms with Gasteiger partial charge in [-0.3, -0.25) is 14.9 Å². The number of anilines is 1. The fourth-order valence-electron chi connectivity index (χ4n) is 3.03. The third kappa shape index (κ3) is 3.44. The molecule has 0 bridgehead atoms. The van der Waals surface area contributed by atoms with Crippen molar-refractivity contribution in [2.45, 2.75) is 0 Å². The molecule has 0 spiro atoms. The van der Waals surface area contributed by atoms with E-state index >= 15 is 0 Å². The number of hydrogen-bond acceptors (Lipinski definition) is 5. The van der Waals surface area contributed by atoms with Gasteiger partial charge in [0.05, 0.1) is 12.0 Å². The number of carbonyl (C=O) groups is 1. The van der Waals surface area contributed by atoms with Gasteiger partial charge in [-0.1, -0.05) is 12.1 Å². The number of nitrogens with zero attached hydrogens (tertiary/aromatic N) is 3. The molecule has 0 aliphatic carbocycles. The van der Waals surface area contributed by atoms with Gasteiger partial charge < -0.3 is 14.5 Å². The number of nitro benzene ring substituents is 1. The van der Waals surface area contributed by atoms with E-state index in [0.29, 0.717) is 37.5 Å². The molecule has 1 aliphatic rings. The minimum absolute atomic E-state index is 0.128. The highest BCUT2D eigenvalue weighted by molar-refractivity contribution is 5.94. The number of carbonyl (C=O) groups excluding carboxylic acids is 1. The molecule has 1 aliphatic heterocycles. The lowest BCUT2D eigenvalue weighted by Crippen LogP contribution is -2.49. The van der Waals surface area contributed by atoms with E-state index in [2.05, 4.69) is 0 Å². The first-order chi connectivity index (χ1) is 12.5. The molecule has 1 amide bonds. The van der Waals surface area contributed by atoms with Gasteiger partial charge in [0.15, 0.2) is 0 Å². The second-order valence-corrected chi connectivity index (χ2v) is 5.88. The third-order valence-electron chi connectivity index (χ3n) is 4.37. The molecular weight excluding hydrogens is 341 g/mol. The number of hydrogen-bond donors (Lipinski definition) is 0. The number of ether oxygens (including phenoxy) is 1. The van der Waals surface area contributed by atoms with E-state index in [0.717, 1.165) is 6.07 Å². The lowest BCUT2D eigenvalue weighted by atomic mass is 10.1. The number of amides is 1. The van der Waals surface area contributed by atoms with Crippen LogP contribution in [0.1, 0.15) is 10.4 Å². The van der Waals surface area contributed by atoms with E-state index in [1.165, 1.54) is 19.2 Å². The van der Waals surface area contributed by atoms with Gasteiger partial charge in [0, 0.05) is 31.7 Å². The Balaban J connectivity index is 1.73. The molecule has 7 nitrogen and oxygen atoms in total. The fourth-order valence-corrected chi connectivity index (χ4v) is 3.03. The van der Waals surface area contributed by atoms with Crippen molar-refractivity contribution in [2.75, 3.05) is 38.2 Å². The summed E-state index contributed by atoms with van der Waals surface area (Å²) in [5.74, 6) is -0.385. The molecule has 0 aromatic heterocycles. The van der Waals surface area contributed by atoms with Crippen LogP contribution >= 0.6 is 0 Å². The summed E-state index contributed by atoms with van der Waals surface area (Å²) in [5.41, 5.74) is 0.234. The molecule has 0 N–H and O–H groups in total. The monoisotopic (exact) mass is 359 g/mol. The van der Waals surface area contributed by atoms with Crippen LogP contribution in [0.25, 0.3) is 0 Å². The zero-order valence-corrected chi connectivity index (χ0v) is 14.2. The number of benzene rings is 2. The lowest BCUT2D eigenvalue weighted by molar-refractivity contribution is -0.386. The minimum Gasteiger partial charge on any atom is -0.497 e. The number of piperazine rings is 1. The molecule has 26 heavy (non-hydrogen) atoms. The van der Waals surface area contributed by atoms with Crippen molar-refractivity contribution in [3.63, 3.8) is 0 Å². The van der Waals surface area contributed by atoms with Crippen LogP contribution in [0.15, 0.2) is 42.5 Å². The van der Waals surface area contributed by atoms with Crippen molar-refractivity contribution < 1.29 is 18.8 Å². The van der Waals surface area contributed by atoms with E-state index in [1.54, 1.807) is 34.1 Å². The van der Waals surface area contributed by atoms with E-state index in [-0.39, 0.29) is 11.6 Å². The Hall–Kier alpha value is -3.16. The van der Waals surface area contributed by atoms with E-state index in [9.17, 15) is 19.3 Å². The van der Waals surface area contributed by atoms with Gasteiger partial charge >= 0.3 is 5.69 Å². The maximum atomic E-state index is 13.8. The van der Waals surface area contributed by atoms with Gasteiger partial charge in [0.1, 0.15) is 11.4 Å². The zero-order chi connectivity index (χ0) is 18.7. The van der Waals surface area contributed by atoms with Crippen molar-refractivity contribution in [1.29, 1.82) is 0 Å². The number of para-hydroxylation sites is 1. The minimum atomic E-state index is -0.859. The van der Waals surface area contributed by atoms with Crippen LogP contribution in [0.3, 0.4) is 0 Å². The number of nitro groups is 1.